The number of likely N-dealkylation sites (N-methyl/N-ethyl adjacent to an activating group) is 1. The summed E-state index contributed by atoms with van der Waals surface area (Å²) in [6.07, 6.45) is 0.457. The summed E-state index contributed by atoms with van der Waals surface area (Å²) in [5.74, 6) is -0.610. The molecule has 0 aromatic heterocycles. The van der Waals surface area contributed by atoms with Crippen molar-refractivity contribution < 1.29 is 19.5 Å². The molecule has 2 N–H and O–H groups in total. The second-order valence-electron chi connectivity index (χ2n) is 4.84. The van der Waals surface area contributed by atoms with Gasteiger partial charge in [0.1, 0.15) is 5.75 Å². The number of carbonyl (C=O) groups is 1. The molecule has 88 valence electrons. The van der Waals surface area contributed by atoms with E-state index >= 15 is 0 Å². The number of rotatable bonds is 4. The van der Waals surface area contributed by atoms with Gasteiger partial charge < -0.3 is 14.7 Å². The van der Waals surface area contributed by atoms with Gasteiger partial charge in [-0.05, 0) is 17.7 Å². The summed E-state index contributed by atoms with van der Waals surface area (Å²) in [6.45, 7) is 0. The first kappa shape index (κ1) is 12.5. The number of quaternary nitrogens is 1. The number of nitrogens with zero attached hydrogens (tertiary/aromatic N) is 1. The Morgan fingerprint density at radius 2 is 1.75 bits per heavy atom. The minimum Gasteiger partial charge on any atom is -0.508 e. The van der Waals surface area contributed by atoms with E-state index in [2.05, 4.69) is 0 Å². The van der Waals surface area contributed by atoms with Crippen LogP contribution >= 0.6 is 0 Å². The standard InChI is InChI=1S/C12H17NO3/c1-13(2,3)11(12(15)16)8-9-4-6-10(14)7-5-9/h4-7,11H,8H2,1-3H3,(H-,14,15,16)/p+1. The number of phenolic OH excluding ortho intramolecular Hbond substituents is 1. The maximum atomic E-state index is 11.2. The third-order valence-electron chi connectivity index (χ3n) is 2.59. The first-order valence-electron chi connectivity index (χ1n) is 5.12. The van der Waals surface area contributed by atoms with E-state index in [1.807, 2.05) is 21.1 Å². The fourth-order valence-electron chi connectivity index (χ4n) is 1.55. The van der Waals surface area contributed by atoms with Crippen molar-refractivity contribution in [1.82, 2.24) is 0 Å². The lowest BCUT2D eigenvalue weighted by Gasteiger charge is -2.31. The minimum absolute atomic E-state index is 0.195. The number of phenols is 1. The highest BCUT2D eigenvalue weighted by atomic mass is 16.4. The lowest BCUT2D eigenvalue weighted by atomic mass is 10.0. The first-order chi connectivity index (χ1) is 7.30. The van der Waals surface area contributed by atoms with Gasteiger partial charge in [-0.1, -0.05) is 12.1 Å². The molecule has 0 radical (unpaired) electrons. The SMILES string of the molecule is C[N+](C)(C)C(Cc1ccc(O)cc1)C(=O)O. The lowest BCUT2D eigenvalue weighted by molar-refractivity contribution is -0.887. The molecule has 1 unspecified atom stereocenters. The molecule has 1 rings (SSSR count). The molecule has 0 amide bonds. The van der Waals surface area contributed by atoms with E-state index in [-0.39, 0.29) is 5.75 Å². The predicted octanol–water partition coefficient (Wildman–Crippen LogP) is 1.09. The summed E-state index contributed by atoms with van der Waals surface area (Å²) in [4.78, 5) is 11.2. The Hall–Kier alpha value is -1.55. The lowest BCUT2D eigenvalue weighted by Crippen LogP contribution is -2.51. The maximum absolute atomic E-state index is 11.2. The molecule has 0 saturated carbocycles. The van der Waals surface area contributed by atoms with Crippen molar-refractivity contribution in [3.05, 3.63) is 29.8 Å². The minimum atomic E-state index is -0.805. The van der Waals surface area contributed by atoms with Gasteiger partial charge in [0.05, 0.1) is 21.1 Å². The summed E-state index contributed by atoms with van der Waals surface area (Å²) in [5, 5.41) is 18.3. The van der Waals surface area contributed by atoms with E-state index in [0.29, 0.717) is 10.9 Å². The molecule has 0 aliphatic carbocycles. The Bertz CT molecular complexity index is 365. The molecule has 1 aromatic rings. The van der Waals surface area contributed by atoms with Gasteiger partial charge in [-0.3, -0.25) is 0 Å². The maximum Gasteiger partial charge on any atom is 0.362 e. The van der Waals surface area contributed by atoms with Crippen LogP contribution in [0, 0.1) is 0 Å². The van der Waals surface area contributed by atoms with Gasteiger partial charge in [0.15, 0.2) is 6.04 Å². The van der Waals surface area contributed by atoms with Crippen molar-refractivity contribution in [3.63, 3.8) is 0 Å². The van der Waals surface area contributed by atoms with Crippen LogP contribution in [-0.2, 0) is 11.2 Å². The average molecular weight is 224 g/mol. The molecule has 0 aliphatic rings. The van der Waals surface area contributed by atoms with Crippen LogP contribution in [0.2, 0.25) is 0 Å². The van der Waals surface area contributed by atoms with Crippen molar-refractivity contribution in [2.24, 2.45) is 0 Å². The molecule has 1 atom stereocenters. The van der Waals surface area contributed by atoms with E-state index in [4.69, 9.17) is 10.2 Å². The molecule has 0 saturated heterocycles. The highest BCUT2D eigenvalue weighted by Gasteiger charge is 2.31. The summed E-state index contributed by atoms with van der Waals surface area (Å²) >= 11 is 0. The van der Waals surface area contributed by atoms with Crippen molar-refractivity contribution in [2.75, 3.05) is 21.1 Å². The molecule has 1 aromatic carbocycles. The van der Waals surface area contributed by atoms with Crippen LogP contribution < -0.4 is 0 Å². The smallest absolute Gasteiger partial charge is 0.362 e. The number of hydrogen-bond donors (Lipinski definition) is 2. The van der Waals surface area contributed by atoms with Crippen molar-refractivity contribution >= 4 is 5.97 Å². The summed E-state index contributed by atoms with van der Waals surface area (Å²) < 4.78 is 0.371. The molecular formula is C12H18NO3+. The van der Waals surface area contributed by atoms with Crippen molar-refractivity contribution in [1.29, 1.82) is 0 Å². The van der Waals surface area contributed by atoms with E-state index in [0.717, 1.165) is 5.56 Å². The zero-order valence-corrected chi connectivity index (χ0v) is 9.84. The number of hydrogen-bond acceptors (Lipinski definition) is 2. The van der Waals surface area contributed by atoms with Gasteiger partial charge in [0.2, 0.25) is 0 Å². The number of carboxylic acids is 1. The van der Waals surface area contributed by atoms with Crippen molar-refractivity contribution in [2.45, 2.75) is 12.5 Å². The van der Waals surface area contributed by atoms with E-state index < -0.39 is 12.0 Å². The largest absolute Gasteiger partial charge is 0.508 e. The van der Waals surface area contributed by atoms with E-state index in [1.54, 1.807) is 24.3 Å². The average Bonchev–Trinajstić information content (AvgIpc) is 2.14. The highest BCUT2D eigenvalue weighted by molar-refractivity contribution is 5.72. The monoisotopic (exact) mass is 224 g/mol. The zero-order chi connectivity index (χ0) is 12.3. The van der Waals surface area contributed by atoms with Crippen LogP contribution in [-0.4, -0.2) is 47.9 Å². The van der Waals surface area contributed by atoms with E-state index in [1.165, 1.54) is 0 Å². The molecular weight excluding hydrogens is 206 g/mol. The molecule has 0 aliphatic heterocycles. The van der Waals surface area contributed by atoms with Gasteiger partial charge >= 0.3 is 5.97 Å². The topological polar surface area (TPSA) is 57.5 Å². The Morgan fingerprint density at radius 1 is 1.25 bits per heavy atom. The molecule has 0 spiro atoms. The number of carboxylic acid groups (broad SMARTS) is 1. The van der Waals surface area contributed by atoms with Gasteiger partial charge in [-0.15, -0.1) is 0 Å². The normalized spacial score (nSPS) is 13.4. The Labute approximate surface area is 95.3 Å². The fourth-order valence-corrected chi connectivity index (χ4v) is 1.55. The van der Waals surface area contributed by atoms with Crippen LogP contribution in [0.4, 0.5) is 0 Å². The van der Waals surface area contributed by atoms with Crippen LogP contribution in [0.1, 0.15) is 5.56 Å². The van der Waals surface area contributed by atoms with Crippen LogP contribution in [0.25, 0.3) is 0 Å². The summed E-state index contributed by atoms with van der Waals surface area (Å²) in [6, 6.07) is 6.17. The predicted molar refractivity (Wildman–Crippen MR) is 61.3 cm³/mol. The van der Waals surface area contributed by atoms with Crippen molar-refractivity contribution in [3.8, 4) is 5.75 Å². The second kappa shape index (κ2) is 4.53. The number of aliphatic carboxylic acids is 1. The van der Waals surface area contributed by atoms with Crippen LogP contribution in [0.3, 0.4) is 0 Å². The number of aromatic hydroxyl groups is 1. The molecule has 0 fully saturated rings. The highest BCUT2D eigenvalue weighted by Crippen LogP contribution is 2.15. The Kier molecular flexibility index (Phi) is 3.55. The molecule has 0 bridgehead atoms. The zero-order valence-electron chi connectivity index (χ0n) is 9.84. The quantitative estimate of drug-likeness (QED) is 0.753. The summed E-state index contributed by atoms with van der Waals surface area (Å²) in [7, 11) is 5.58. The van der Waals surface area contributed by atoms with E-state index in [9.17, 15) is 4.79 Å². The Balaban J connectivity index is 2.84. The molecule has 16 heavy (non-hydrogen) atoms. The van der Waals surface area contributed by atoms with Gasteiger partial charge in [0.25, 0.3) is 0 Å². The Morgan fingerprint density at radius 3 is 2.12 bits per heavy atom. The molecule has 4 heteroatoms. The molecule has 4 nitrogen and oxygen atoms in total. The summed E-state index contributed by atoms with van der Waals surface area (Å²) in [5.41, 5.74) is 0.915. The fraction of sp³-hybridized carbons (Fsp3) is 0.417. The third kappa shape index (κ3) is 3.24. The molecule has 0 heterocycles. The third-order valence-corrected chi connectivity index (χ3v) is 2.59. The second-order valence-corrected chi connectivity index (χ2v) is 4.84. The van der Waals surface area contributed by atoms with Gasteiger partial charge in [-0.25, -0.2) is 4.79 Å². The number of benzene rings is 1. The van der Waals surface area contributed by atoms with Gasteiger partial charge in [0, 0.05) is 6.42 Å². The van der Waals surface area contributed by atoms with Crippen LogP contribution in [0.15, 0.2) is 24.3 Å². The van der Waals surface area contributed by atoms with Gasteiger partial charge in [-0.2, -0.15) is 0 Å². The van der Waals surface area contributed by atoms with Crippen LogP contribution in [0.5, 0.6) is 5.75 Å². The first-order valence-corrected chi connectivity index (χ1v) is 5.12.